The number of hydrogen-bond acceptors (Lipinski definition) is 6. The van der Waals surface area contributed by atoms with Gasteiger partial charge in [0.25, 0.3) is 0 Å². The van der Waals surface area contributed by atoms with E-state index in [-0.39, 0.29) is 5.97 Å². The van der Waals surface area contributed by atoms with Crippen LogP contribution in [0.15, 0.2) is 46.3 Å². The van der Waals surface area contributed by atoms with Gasteiger partial charge in [-0.3, -0.25) is 9.59 Å². The minimum absolute atomic E-state index is 0.277. The molecule has 0 aliphatic rings. The largest absolute Gasteiger partial charge is 0.468 e. The maximum absolute atomic E-state index is 13.4. The van der Waals surface area contributed by atoms with Crippen LogP contribution in [0.5, 0.6) is 0 Å². The van der Waals surface area contributed by atoms with Gasteiger partial charge in [0.05, 0.1) is 23.4 Å². The second-order valence-corrected chi connectivity index (χ2v) is 16.4. The summed E-state index contributed by atoms with van der Waals surface area (Å²) in [5.74, 6) is -1.27. The van der Waals surface area contributed by atoms with E-state index in [1.165, 1.54) is 88.0 Å². The zero-order valence-corrected chi connectivity index (χ0v) is 31.4. The Balaban J connectivity index is 1.68. The molecule has 3 rings (SSSR count). The van der Waals surface area contributed by atoms with Crippen molar-refractivity contribution < 1.29 is 19.1 Å². The highest BCUT2D eigenvalue weighted by atomic mass is 79.9. The lowest BCUT2D eigenvalue weighted by Gasteiger charge is -2.22. The van der Waals surface area contributed by atoms with E-state index in [1.807, 2.05) is 53.0 Å². The van der Waals surface area contributed by atoms with E-state index in [0.717, 1.165) is 31.2 Å². The van der Waals surface area contributed by atoms with Crippen molar-refractivity contribution >= 4 is 62.1 Å². The van der Waals surface area contributed by atoms with E-state index < -0.39 is 16.8 Å². The number of ether oxygens (including phenoxy) is 2. The summed E-state index contributed by atoms with van der Waals surface area (Å²) in [7, 11) is 1.33. The topological polar surface area (TPSA) is 52.6 Å². The number of unbranched alkanes of at least 4 members (excludes halogenated alkanes) is 6. The molecule has 2 unspecified atom stereocenters. The molecule has 0 saturated heterocycles. The highest BCUT2D eigenvalue weighted by molar-refractivity contribution is 9.11. The molecule has 0 bridgehead atoms. The molecule has 2 atom stereocenters. The van der Waals surface area contributed by atoms with Gasteiger partial charge >= 0.3 is 11.9 Å². The zero-order valence-electron chi connectivity index (χ0n) is 27.4. The van der Waals surface area contributed by atoms with Crippen LogP contribution in [0.2, 0.25) is 0 Å². The molecule has 2 aromatic heterocycles. The van der Waals surface area contributed by atoms with Crippen LogP contribution in [-0.4, -0.2) is 30.5 Å². The lowest BCUT2D eigenvalue weighted by molar-refractivity contribution is -0.147. The second kappa shape index (κ2) is 19.9. The molecule has 0 saturated carbocycles. The molecule has 0 fully saturated rings. The highest BCUT2D eigenvalue weighted by Gasteiger charge is 2.34. The molecular formula is C37H50BrClO4S2. The maximum atomic E-state index is 13.4. The van der Waals surface area contributed by atoms with E-state index in [1.54, 1.807) is 6.92 Å². The molecule has 45 heavy (non-hydrogen) atoms. The maximum Gasteiger partial charge on any atom is 0.326 e. The molecule has 4 nitrogen and oxygen atoms in total. The smallest absolute Gasteiger partial charge is 0.326 e. The van der Waals surface area contributed by atoms with Gasteiger partial charge in [0.15, 0.2) is 0 Å². The molecule has 0 aliphatic heterocycles. The van der Waals surface area contributed by atoms with E-state index in [0.29, 0.717) is 19.4 Å². The monoisotopic (exact) mass is 736 g/mol. The molecule has 0 amide bonds. The van der Waals surface area contributed by atoms with E-state index in [4.69, 9.17) is 21.1 Å². The van der Waals surface area contributed by atoms with Gasteiger partial charge in [0.1, 0.15) is 4.87 Å². The molecule has 0 spiro atoms. The van der Waals surface area contributed by atoms with Gasteiger partial charge in [-0.1, -0.05) is 82.7 Å². The molecule has 248 valence electrons. The number of rotatable bonds is 21. The van der Waals surface area contributed by atoms with Crippen molar-refractivity contribution in [1.82, 2.24) is 0 Å². The first-order valence-corrected chi connectivity index (χ1v) is 19.4. The summed E-state index contributed by atoms with van der Waals surface area (Å²) in [4.78, 5) is 28.5. The summed E-state index contributed by atoms with van der Waals surface area (Å²) in [5, 5.41) is 0. The Morgan fingerprint density at radius 3 is 2.20 bits per heavy atom. The van der Waals surface area contributed by atoms with Crippen molar-refractivity contribution in [3.63, 3.8) is 0 Å². The van der Waals surface area contributed by atoms with Crippen LogP contribution in [0, 0.1) is 0 Å². The van der Waals surface area contributed by atoms with Crippen LogP contribution in [-0.2, 0) is 38.3 Å². The summed E-state index contributed by atoms with van der Waals surface area (Å²) >= 11 is 14.0. The lowest BCUT2D eigenvalue weighted by atomic mass is 9.90. The predicted molar refractivity (Wildman–Crippen MR) is 195 cm³/mol. The quantitative estimate of drug-likeness (QED) is 0.0620. The molecule has 8 heteroatoms. The van der Waals surface area contributed by atoms with Gasteiger partial charge in [0.2, 0.25) is 0 Å². The number of thiophene rings is 2. The molecule has 0 N–H and O–H groups in total. The minimum Gasteiger partial charge on any atom is -0.468 e. The van der Waals surface area contributed by atoms with Crippen molar-refractivity contribution in [2.45, 2.75) is 121 Å². The number of carbonyl (C=O) groups is 2. The Labute approximate surface area is 292 Å². The van der Waals surface area contributed by atoms with Crippen LogP contribution in [0.25, 0.3) is 9.75 Å². The van der Waals surface area contributed by atoms with E-state index in [2.05, 4.69) is 41.9 Å². The second-order valence-electron chi connectivity index (χ2n) is 12.0. The van der Waals surface area contributed by atoms with Crippen LogP contribution >= 0.6 is 50.2 Å². The van der Waals surface area contributed by atoms with Crippen LogP contribution in [0.4, 0.5) is 0 Å². The summed E-state index contributed by atoms with van der Waals surface area (Å²) in [5.41, 5.74) is 3.77. The molecule has 2 heterocycles. The van der Waals surface area contributed by atoms with Crippen molar-refractivity contribution in [2.24, 2.45) is 0 Å². The number of hydrogen-bond donors (Lipinski definition) is 0. The molecule has 0 aliphatic carbocycles. The number of halogens is 2. The molecular weight excluding hydrogens is 688 g/mol. The Morgan fingerprint density at radius 2 is 1.56 bits per heavy atom. The van der Waals surface area contributed by atoms with Crippen molar-refractivity contribution in [3.8, 4) is 9.75 Å². The number of aryl methyl sites for hydroxylation is 3. The highest BCUT2D eigenvalue weighted by Crippen LogP contribution is 2.42. The first-order valence-electron chi connectivity index (χ1n) is 16.6. The number of benzene rings is 1. The molecule has 0 radical (unpaired) electrons. The summed E-state index contributed by atoms with van der Waals surface area (Å²) < 4.78 is 11.9. The van der Waals surface area contributed by atoms with E-state index >= 15 is 0 Å². The normalized spacial score (nSPS) is 13.4. The Kier molecular flexibility index (Phi) is 16.7. The number of alkyl halides is 1. The van der Waals surface area contributed by atoms with Crippen molar-refractivity contribution in [2.75, 3.05) is 13.7 Å². The van der Waals surface area contributed by atoms with Crippen LogP contribution < -0.4 is 0 Å². The van der Waals surface area contributed by atoms with Crippen LogP contribution in [0.1, 0.15) is 119 Å². The first-order chi connectivity index (χ1) is 21.7. The average Bonchev–Trinajstić information content (AvgIpc) is 3.62. The number of esters is 2. The first kappa shape index (κ1) is 37.8. The minimum atomic E-state index is -1.19. The summed E-state index contributed by atoms with van der Waals surface area (Å²) in [6, 6.07) is 14.3. The summed E-state index contributed by atoms with van der Waals surface area (Å²) in [6.07, 6.45) is 14.6. The van der Waals surface area contributed by atoms with Gasteiger partial charge < -0.3 is 9.47 Å². The van der Waals surface area contributed by atoms with Gasteiger partial charge in [-0.2, -0.15) is 0 Å². The van der Waals surface area contributed by atoms with Gasteiger partial charge in [0, 0.05) is 14.6 Å². The van der Waals surface area contributed by atoms with E-state index in [9.17, 15) is 9.59 Å². The number of methoxy groups -OCH3 is 1. The average molecular weight is 738 g/mol. The van der Waals surface area contributed by atoms with Crippen molar-refractivity contribution in [1.29, 1.82) is 0 Å². The zero-order chi connectivity index (χ0) is 32.7. The standard InChI is InChI=1S/C37H50BrClO4S2/c1-5-7-9-12-19-28-25-32(34-29(26-33(38)45-34)20-13-10-8-6-2)44-31(28)21-16-24-43-35(40)30(27-17-14-11-15-18-27)22-23-37(3,39)36(41)42-4/h11,14-15,17-18,25-26,30H,5-10,12-13,16,19-24H2,1-4H3. The SMILES string of the molecule is CCCCCCc1cc(-c2sc(Br)cc2CCCCCC)sc1CCCOC(=O)C(CCC(C)(Cl)C(=O)OC)c1ccccc1. The molecule has 3 aromatic rings. The number of carbonyl (C=O) groups excluding carboxylic acids is 2. The van der Waals surface area contributed by atoms with Crippen molar-refractivity contribution in [3.05, 3.63) is 67.8 Å². The van der Waals surface area contributed by atoms with Gasteiger partial charge in [-0.05, 0) is 103 Å². The van der Waals surface area contributed by atoms with Gasteiger partial charge in [-0.25, -0.2) is 0 Å². The lowest BCUT2D eigenvalue weighted by Crippen LogP contribution is -2.31. The van der Waals surface area contributed by atoms with Gasteiger partial charge in [-0.15, -0.1) is 34.3 Å². The fraction of sp³-hybridized carbons (Fsp3) is 0.568. The third-order valence-corrected chi connectivity index (χ3v) is 11.7. The van der Waals surface area contributed by atoms with Crippen LogP contribution in [0.3, 0.4) is 0 Å². The predicted octanol–water partition coefficient (Wildman–Crippen LogP) is 11.7. The Bertz CT molecular complexity index is 1320. The Hall–Kier alpha value is -1.67. The fourth-order valence-corrected chi connectivity index (χ4v) is 8.89. The molecule has 1 aromatic carbocycles. The Morgan fingerprint density at radius 1 is 0.889 bits per heavy atom. The summed E-state index contributed by atoms with van der Waals surface area (Å²) in [6.45, 7) is 6.50. The fourth-order valence-electron chi connectivity index (χ4n) is 5.62. The third-order valence-electron chi connectivity index (χ3n) is 8.29. The third kappa shape index (κ3) is 12.1.